The first-order chi connectivity index (χ1) is 9.02. The Balaban J connectivity index is 2.39. The number of hydrogen-bond acceptors (Lipinski definition) is 4. The molecule has 0 spiro atoms. The van der Waals surface area contributed by atoms with Gasteiger partial charge in [-0.05, 0) is 6.92 Å². The molecular weight excluding hydrogens is 251 g/mol. The third kappa shape index (κ3) is 5.15. The first-order valence-corrected chi connectivity index (χ1v) is 5.87. The van der Waals surface area contributed by atoms with Crippen molar-refractivity contribution in [2.75, 3.05) is 19.8 Å². The summed E-state index contributed by atoms with van der Waals surface area (Å²) in [5, 5.41) is 13.5. The molecule has 104 valence electrons. The molecule has 6 heteroatoms. The van der Waals surface area contributed by atoms with Crippen molar-refractivity contribution < 1.29 is 14.1 Å². The first kappa shape index (κ1) is 15.3. The van der Waals surface area contributed by atoms with E-state index in [1.807, 2.05) is 6.92 Å². The smallest absolute Gasteiger partial charge is 0.305 e. The zero-order chi connectivity index (χ0) is 14.3. The van der Waals surface area contributed by atoms with Crippen LogP contribution in [-0.4, -0.2) is 24.7 Å². The zero-order valence-electron chi connectivity index (χ0n) is 10.8. The van der Waals surface area contributed by atoms with Crippen LogP contribution in [0.4, 0.5) is 10.1 Å². The lowest BCUT2D eigenvalue weighted by atomic mass is 10.2. The summed E-state index contributed by atoms with van der Waals surface area (Å²) in [4.78, 5) is 9.84. The van der Waals surface area contributed by atoms with Crippen LogP contribution in [0, 0.1) is 15.9 Å². The van der Waals surface area contributed by atoms with Gasteiger partial charge in [-0.2, -0.15) is 4.39 Å². The van der Waals surface area contributed by atoms with Gasteiger partial charge in [-0.3, -0.25) is 10.1 Å². The fraction of sp³-hybridized carbons (Fsp3) is 0.385. The highest BCUT2D eigenvalue weighted by atomic mass is 19.1. The summed E-state index contributed by atoms with van der Waals surface area (Å²) in [7, 11) is 0. The van der Waals surface area contributed by atoms with Crippen molar-refractivity contribution in [2.45, 2.75) is 13.5 Å². The summed E-state index contributed by atoms with van der Waals surface area (Å²) in [5.74, 6) is -0.789. The van der Waals surface area contributed by atoms with E-state index in [1.54, 1.807) is 0 Å². The van der Waals surface area contributed by atoms with E-state index < -0.39 is 16.4 Å². The standard InChI is InChI=1S/C13H17FN2O3/c1-10(2)9-19-7-6-15-8-11-4-3-5-12(13(11)14)16(17)18/h3-5,15H,1,6-9H2,2H3. The van der Waals surface area contributed by atoms with Crippen LogP contribution in [0.25, 0.3) is 0 Å². The molecule has 0 aliphatic heterocycles. The summed E-state index contributed by atoms with van der Waals surface area (Å²) >= 11 is 0. The SMILES string of the molecule is C=C(C)COCCNCc1cccc([N+](=O)[O-])c1F. The molecule has 1 aromatic rings. The number of nitrogens with one attached hydrogen (secondary N) is 1. The molecule has 0 saturated carbocycles. The van der Waals surface area contributed by atoms with Gasteiger partial charge in [0.2, 0.25) is 5.82 Å². The second-order valence-corrected chi connectivity index (χ2v) is 4.19. The highest BCUT2D eigenvalue weighted by Crippen LogP contribution is 2.19. The van der Waals surface area contributed by atoms with Gasteiger partial charge in [0.1, 0.15) is 0 Å². The Labute approximate surface area is 111 Å². The molecule has 0 fully saturated rings. The van der Waals surface area contributed by atoms with E-state index in [4.69, 9.17) is 4.74 Å². The van der Waals surface area contributed by atoms with Crippen molar-refractivity contribution in [3.8, 4) is 0 Å². The number of benzene rings is 1. The van der Waals surface area contributed by atoms with Gasteiger partial charge < -0.3 is 10.1 Å². The number of halogens is 1. The minimum absolute atomic E-state index is 0.226. The van der Waals surface area contributed by atoms with E-state index in [0.717, 1.165) is 11.6 Å². The average Bonchev–Trinajstić information content (AvgIpc) is 2.34. The molecule has 0 atom stereocenters. The average molecular weight is 268 g/mol. The van der Waals surface area contributed by atoms with Crippen LogP contribution in [0.5, 0.6) is 0 Å². The fourth-order valence-electron chi connectivity index (χ4n) is 1.46. The molecule has 0 bridgehead atoms. The lowest BCUT2D eigenvalue weighted by molar-refractivity contribution is -0.387. The lowest BCUT2D eigenvalue weighted by Crippen LogP contribution is -2.20. The Bertz CT molecular complexity index is 463. The molecule has 0 saturated heterocycles. The van der Waals surface area contributed by atoms with Gasteiger partial charge in [0.25, 0.3) is 0 Å². The normalized spacial score (nSPS) is 10.4. The van der Waals surface area contributed by atoms with E-state index in [0.29, 0.717) is 19.8 Å². The summed E-state index contributed by atoms with van der Waals surface area (Å²) in [6.45, 7) is 7.30. The monoisotopic (exact) mass is 268 g/mol. The number of ether oxygens (including phenoxy) is 1. The van der Waals surface area contributed by atoms with Crippen LogP contribution in [0.2, 0.25) is 0 Å². The summed E-state index contributed by atoms with van der Waals surface area (Å²) in [6.07, 6.45) is 0. The maximum absolute atomic E-state index is 13.7. The van der Waals surface area contributed by atoms with Gasteiger partial charge >= 0.3 is 5.69 Å². The number of nitrogens with zero attached hydrogens (tertiary/aromatic N) is 1. The highest BCUT2D eigenvalue weighted by Gasteiger charge is 2.16. The maximum Gasteiger partial charge on any atom is 0.305 e. The Morgan fingerprint density at radius 2 is 2.32 bits per heavy atom. The van der Waals surface area contributed by atoms with Crippen molar-refractivity contribution in [2.24, 2.45) is 0 Å². The van der Waals surface area contributed by atoms with Gasteiger partial charge in [-0.25, -0.2) is 0 Å². The van der Waals surface area contributed by atoms with Gasteiger partial charge in [-0.1, -0.05) is 24.3 Å². The molecule has 1 aromatic carbocycles. The Hall–Kier alpha value is -1.79. The van der Waals surface area contributed by atoms with Crippen molar-refractivity contribution in [1.82, 2.24) is 5.32 Å². The molecule has 1 N–H and O–H groups in total. The molecule has 0 aromatic heterocycles. The Morgan fingerprint density at radius 3 is 2.95 bits per heavy atom. The molecule has 5 nitrogen and oxygen atoms in total. The van der Waals surface area contributed by atoms with E-state index in [9.17, 15) is 14.5 Å². The van der Waals surface area contributed by atoms with Gasteiger partial charge in [0, 0.05) is 24.7 Å². The summed E-state index contributed by atoms with van der Waals surface area (Å²) in [6, 6.07) is 4.13. The molecule has 0 radical (unpaired) electrons. The number of nitro groups is 1. The van der Waals surface area contributed by atoms with E-state index in [1.165, 1.54) is 12.1 Å². The molecule has 0 aliphatic carbocycles. The molecule has 0 aliphatic rings. The Kier molecular flexibility index (Phi) is 6.11. The second kappa shape index (κ2) is 7.60. The zero-order valence-corrected chi connectivity index (χ0v) is 10.8. The minimum atomic E-state index is -0.789. The van der Waals surface area contributed by atoms with E-state index >= 15 is 0 Å². The highest BCUT2D eigenvalue weighted by molar-refractivity contribution is 5.36. The number of rotatable bonds is 8. The summed E-state index contributed by atoms with van der Waals surface area (Å²) < 4.78 is 18.9. The van der Waals surface area contributed by atoms with Crippen molar-refractivity contribution in [3.05, 3.63) is 51.8 Å². The third-order valence-electron chi connectivity index (χ3n) is 2.34. The predicted molar refractivity (Wildman–Crippen MR) is 70.4 cm³/mol. The molecule has 0 heterocycles. The molecule has 0 unspecified atom stereocenters. The van der Waals surface area contributed by atoms with E-state index in [2.05, 4.69) is 11.9 Å². The largest absolute Gasteiger partial charge is 0.376 e. The van der Waals surface area contributed by atoms with Crippen LogP contribution in [0.3, 0.4) is 0 Å². The van der Waals surface area contributed by atoms with Crippen molar-refractivity contribution in [1.29, 1.82) is 0 Å². The third-order valence-corrected chi connectivity index (χ3v) is 2.34. The second-order valence-electron chi connectivity index (χ2n) is 4.19. The van der Waals surface area contributed by atoms with E-state index in [-0.39, 0.29) is 12.1 Å². The predicted octanol–water partition coefficient (Wildman–Crippen LogP) is 2.42. The molecule has 0 amide bonds. The molecule has 19 heavy (non-hydrogen) atoms. The van der Waals surface area contributed by atoms with Crippen LogP contribution in [-0.2, 0) is 11.3 Å². The van der Waals surface area contributed by atoms with Crippen molar-refractivity contribution in [3.63, 3.8) is 0 Å². The number of hydrogen-bond donors (Lipinski definition) is 1. The van der Waals surface area contributed by atoms with Crippen LogP contribution >= 0.6 is 0 Å². The van der Waals surface area contributed by atoms with Crippen molar-refractivity contribution >= 4 is 5.69 Å². The van der Waals surface area contributed by atoms with Gasteiger partial charge in [0.05, 0.1) is 18.1 Å². The Morgan fingerprint density at radius 1 is 1.58 bits per heavy atom. The van der Waals surface area contributed by atoms with Crippen LogP contribution < -0.4 is 5.32 Å². The first-order valence-electron chi connectivity index (χ1n) is 5.87. The molecular formula is C13H17FN2O3. The minimum Gasteiger partial charge on any atom is -0.376 e. The maximum atomic E-state index is 13.7. The van der Waals surface area contributed by atoms with Crippen LogP contribution in [0.1, 0.15) is 12.5 Å². The van der Waals surface area contributed by atoms with Crippen LogP contribution in [0.15, 0.2) is 30.4 Å². The fourth-order valence-corrected chi connectivity index (χ4v) is 1.46. The lowest BCUT2D eigenvalue weighted by Gasteiger charge is -2.07. The van der Waals surface area contributed by atoms with Gasteiger partial charge in [-0.15, -0.1) is 0 Å². The topological polar surface area (TPSA) is 64.4 Å². The number of nitro benzene ring substituents is 1. The quantitative estimate of drug-likeness (QED) is 0.340. The summed E-state index contributed by atoms with van der Waals surface area (Å²) in [5.41, 5.74) is 0.705. The van der Waals surface area contributed by atoms with Gasteiger partial charge in [0.15, 0.2) is 0 Å². The molecule has 1 rings (SSSR count).